The first kappa shape index (κ1) is 32.4. The summed E-state index contributed by atoms with van der Waals surface area (Å²) in [5.74, 6) is 0.0541. The number of carbonyl (C=O) groups excluding carboxylic acids is 3. The minimum Gasteiger partial charge on any atom is -0.476 e. The number of nitrogens with zero attached hydrogens (tertiary/aromatic N) is 1. The van der Waals surface area contributed by atoms with Crippen LogP contribution in [0.4, 0.5) is 4.79 Å². The van der Waals surface area contributed by atoms with Crippen LogP contribution in [0, 0.1) is 25.7 Å². The zero-order chi connectivity index (χ0) is 31.3. The number of ketones is 1. The van der Waals surface area contributed by atoms with Gasteiger partial charge in [-0.2, -0.15) is 0 Å². The van der Waals surface area contributed by atoms with Crippen molar-refractivity contribution >= 4 is 41.2 Å². The van der Waals surface area contributed by atoms with E-state index in [0.717, 1.165) is 21.6 Å². The molecule has 3 aromatic carbocycles. The standard InChI is InChI=1S/C34H38ClNO6S/c1-7-40-32(38)34(4,5)42-31-21(2)16-23(17-22(31)3)18-25-19-36(33(39)41-27-12-10-26(35)11-13-27)20-29(25)30(37)24-8-14-28(43-6)15-9-24/h8-17,25,29H,7,18-20H2,1-6H3/t25-,29-/m1/s1. The molecule has 1 aliphatic heterocycles. The van der Waals surface area contributed by atoms with Crippen molar-refractivity contribution in [3.8, 4) is 11.5 Å². The van der Waals surface area contributed by atoms with Gasteiger partial charge in [0.25, 0.3) is 0 Å². The Morgan fingerprint density at radius 1 is 0.977 bits per heavy atom. The lowest BCUT2D eigenvalue weighted by Crippen LogP contribution is -2.40. The van der Waals surface area contributed by atoms with Crippen LogP contribution in [0.2, 0.25) is 5.02 Å². The van der Waals surface area contributed by atoms with Crippen LogP contribution in [-0.4, -0.2) is 54.3 Å². The van der Waals surface area contributed by atoms with E-state index in [1.54, 1.807) is 61.7 Å². The highest BCUT2D eigenvalue weighted by atomic mass is 35.5. The fourth-order valence-electron chi connectivity index (χ4n) is 5.38. The van der Waals surface area contributed by atoms with Crippen molar-refractivity contribution in [3.63, 3.8) is 0 Å². The lowest BCUT2D eigenvalue weighted by molar-refractivity contribution is -0.158. The van der Waals surface area contributed by atoms with E-state index in [1.165, 1.54) is 0 Å². The molecule has 0 aliphatic carbocycles. The molecule has 0 aromatic heterocycles. The third kappa shape index (κ3) is 7.92. The van der Waals surface area contributed by atoms with Gasteiger partial charge in [0, 0.05) is 34.5 Å². The third-order valence-electron chi connectivity index (χ3n) is 7.57. The molecule has 1 saturated heterocycles. The molecule has 3 aromatic rings. The average molecular weight is 624 g/mol. The molecule has 0 saturated carbocycles. The summed E-state index contributed by atoms with van der Waals surface area (Å²) in [6.07, 6.45) is 2.07. The Bertz CT molecular complexity index is 1450. The maximum Gasteiger partial charge on any atom is 0.415 e. The SMILES string of the molecule is CCOC(=O)C(C)(C)Oc1c(C)cc(C[C@@H]2CN(C(=O)Oc3ccc(Cl)cc3)C[C@H]2C(=O)c2ccc(SC)cc2)cc1C. The molecule has 7 nitrogen and oxygen atoms in total. The predicted octanol–water partition coefficient (Wildman–Crippen LogP) is 7.57. The lowest BCUT2D eigenvalue weighted by atomic mass is 9.84. The van der Waals surface area contributed by atoms with Gasteiger partial charge in [-0.15, -0.1) is 11.8 Å². The second-order valence-corrected chi connectivity index (χ2v) is 12.6. The Balaban J connectivity index is 1.57. The number of aryl methyl sites for hydroxylation is 2. The van der Waals surface area contributed by atoms with Crippen molar-refractivity contribution in [2.45, 2.75) is 51.5 Å². The second-order valence-electron chi connectivity index (χ2n) is 11.3. The van der Waals surface area contributed by atoms with Crippen LogP contribution in [-0.2, 0) is 16.0 Å². The number of hydrogen-bond donors (Lipinski definition) is 0. The quantitative estimate of drug-likeness (QED) is 0.131. The fourth-order valence-corrected chi connectivity index (χ4v) is 5.92. The summed E-state index contributed by atoms with van der Waals surface area (Å²) in [5.41, 5.74) is 2.25. The fraction of sp³-hybridized carbons (Fsp3) is 0.382. The summed E-state index contributed by atoms with van der Waals surface area (Å²) in [6, 6.07) is 18.2. The van der Waals surface area contributed by atoms with Gasteiger partial charge in [-0.1, -0.05) is 35.9 Å². The third-order valence-corrected chi connectivity index (χ3v) is 8.57. The van der Waals surface area contributed by atoms with E-state index < -0.39 is 23.6 Å². The van der Waals surface area contributed by atoms with Gasteiger partial charge in [-0.05, 0) is 106 Å². The van der Waals surface area contributed by atoms with Gasteiger partial charge in [0.05, 0.1) is 6.61 Å². The van der Waals surface area contributed by atoms with E-state index in [2.05, 4.69) is 0 Å². The van der Waals surface area contributed by atoms with Gasteiger partial charge in [0.1, 0.15) is 11.5 Å². The molecular formula is C34H38ClNO6S. The molecule has 0 radical (unpaired) electrons. The molecule has 1 amide bonds. The second kappa shape index (κ2) is 13.9. The molecule has 2 atom stereocenters. The summed E-state index contributed by atoms with van der Waals surface area (Å²) in [6.45, 7) is 9.92. The molecule has 0 spiro atoms. The number of benzene rings is 3. The number of halogens is 1. The van der Waals surface area contributed by atoms with Crippen LogP contribution < -0.4 is 9.47 Å². The maximum absolute atomic E-state index is 13.8. The number of hydrogen-bond acceptors (Lipinski definition) is 7. The minimum absolute atomic E-state index is 0.00373. The van der Waals surface area contributed by atoms with Crippen LogP contribution >= 0.6 is 23.4 Å². The first-order valence-corrected chi connectivity index (χ1v) is 15.9. The zero-order valence-corrected chi connectivity index (χ0v) is 27.0. The Kier molecular flexibility index (Phi) is 10.5. The smallest absolute Gasteiger partial charge is 0.415 e. The van der Waals surface area contributed by atoms with E-state index in [4.69, 9.17) is 25.8 Å². The molecule has 0 bridgehead atoms. The zero-order valence-electron chi connectivity index (χ0n) is 25.4. The van der Waals surface area contributed by atoms with Crippen molar-refractivity contribution in [1.82, 2.24) is 4.90 Å². The highest BCUT2D eigenvalue weighted by molar-refractivity contribution is 7.98. The Morgan fingerprint density at radius 3 is 2.19 bits per heavy atom. The van der Waals surface area contributed by atoms with Crippen LogP contribution in [0.1, 0.15) is 47.8 Å². The topological polar surface area (TPSA) is 82.1 Å². The molecule has 1 heterocycles. The largest absolute Gasteiger partial charge is 0.476 e. The van der Waals surface area contributed by atoms with Gasteiger partial charge in [0.15, 0.2) is 11.4 Å². The van der Waals surface area contributed by atoms with Crippen molar-refractivity contribution in [3.05, 3.63) is 87.9 Å². The Morgan fingerprint density at radius 2 is 1.60 bits per heavy atom. The molecule has 228 valence electrons. The van der Waals surface area contributed by atoms with Crippen LogP contribution in [0.3, 0.4) is 0 Å². The molecule has 0 unspecified atom stereocenters. The molecule has 4 rings (SSSR count). The monoisotopic (exact) mass is 623 g/mol. The molecule has 1 fully saturated rings. The number of amides is 1. The number of esters is 1. The Hall–Kier alpha value is -3.49. The average Bonchev–Trinajstić information content (AvgIpc) is 3.40. The first-order valence-electron chi connectivity index (χ1n) is 14.3. The number of Topliss-reactive ketones (excluding diaryl/α,β-unsaturated/α-hetero) is 1. The number of thioether (sulfide) groups is 1. The summed E-state index contributed by atoms with van der Waals surface area (Å²) < 4.78 is 16.9. The van der Waals surface area contributed by atoms with E-state index in [9.17, 15) is 14.4 Å². The first-order chi connectivity index (χ1) is 20.4. The van der Waals surface area contributed by atoms with Crippen molar-refractivity contribution in [1.29, 1.82) is 0 Å². The highest BCUT2D eigenvalue weighted by Crippen LogP contribution is 2.34. The van der Waals surface area contributed by atoms with Gasteiger partial charge >= 0.3 is 12.1 Å². The number of ether oxygens (including phenoxy) is 3. The summed E-state index contributed by atoms with van der Waals surface area (Å²) in [4.78, 5) is 42.1. The predicted molar refractivity (Wildman–Crippen MR) is 170 cm³/mol. The van der Waals surface area contributed by atoms with Gasteiger partial charge < -0.3 is 19.1 Å². The summed E-state index contributed by atoms with van der Waals surface area (Å²) in [7, 11) is 0. The number of likely N-dealkylation sites (tertiary alicyclic amines) is 1. The van der Waals surface area contributed by atoms with Gasteiger partial charge in [0.2, 0.25) is 0 Å². The summed E-state index contributed by atoms with van der Waals surface area (Å²) in [5, 5.41) is 0.547. The molecule has 1 aliphatic rings. The molecule has 43 heavy (non-hydrogen) atoms. The van der Waals surface area contributed by atoms with E-state index >= 15 is 0 Å². The Labute approximate surface area is 262 Å². The van der Waals surface area contributed by atoms with E-state index in [0.29, 0.717) is 35.1 Å². The normalized spacial score (nSPS) is 16.6. The van der Waals surface area contributed by atoms with Crippen LogP contribution in [0.5, 0.6) is 11.5 Å². The maximum atomic E-state index is 13.8. The minimum atomic E-state index is -1.15. The highest BCUT2D eigenvalue weighted by Gasteiger charge is 2.41. The number of rotatable bonds is 10. The number of carbonyl (C=O) groups is 3. The summed E-state index contributed by atoms with van der Waals surface area (Å²) >= 11 is 7.59. The van der Waals surface area contributed by atoms with Gasteiger partial charge in [-0.25, -0.2) is 9.59 Å². The van der Waals surface area contributed by atoms with Crippen LogP contribution in [0.25, 0.3) is 0 Å². The van der Waals surface area contributed by atoms with E-state index in [-0.39, 0.29) is 24.9 Å². The lowest BCUT2D eigenvalue weighted by Gasteiger charge is -2.27. The molecular weight excluding hydrogens is 586 g/mol. The van der Waals surface area contributed by atoms with Crippen LogP contribution in [0.15, 0.2) is 65.6 Å². The van der Waals surface area contributed by atoms with Crippen molar-refractivity contribution in [2.75, 3.05) is 26.0 Å². The van der Waals surface area contributed by atoms with Gasteiger partial charge in [-0.3, -0.25) is 4.79 Å². The van der Waals surface area contributed by atoms with E-state index in [1.807, 2.05) is 56.5 Å². The van der Waals surface area contributed by atoms with Crippen molar-refractivity contribution < 1.29 is 28.6 Å². The molecule has 0 N–H and O–H groups in total. The molecule has 9 heteroatoms. The van der Waals surface area contributed by atoms with Crippen molar-refractivity contribution in [2.24, 2.45) is 11.8 Å².